The van der Waals surface area contributed by atoms with Crippen molar-refractivity contribution < 1.29 is 19.5 Å². The normalized spacial score (nSPS) is 22.1. The molecule has 7 heteroatoms. The zero-order valence-corrected chi connectivity index (χ0v) is 12.8. The van der Waals surface area contributed by atoms with E-state index in [9.17, 15) is 14.4 Å². The van der Waals surface area contributed by atoms with Crippen LogP contribution in [0, 0.1) is 5.92 Å². The summed E-state index contributed by atoms with van der Waals surface area (Å²) >= 11 is 0. The molecule has 4 atom stereocenters. The molecule has 1 aliphatic rings. The van der Waals surface area contributed by atoms with Gasteiger partial charge in [0.05, 0.1) is 6.04 Å². The molecule has 21 heavy (non-hydrogen) atoms. The molecule has 0 aliphatic carbocycles. The Hall–Kier alpha value is -1.63. The molecule has 0 aromatic carbocycles. The van der Waals surface area contributed by atoms with E-state index >= 15 is 0 Å². The first-order chi connectivity index (χ1) is 9.86. The predicted octanol–water partition coefficient (Wildman–Crippen LogP) is -0.141. The maximum atomic E-state index is 12.2. The Kier molecular flexibility index (Phi) is 6.61. The highest BCUT2D eigenvalue weighted by Gasteiger charge is 2.31. The van der Waals surface area contributed by atoms with E-state index in [1.165, 1.54) is 6.92 Å². The minimum Gasteiger partial charge on any atom is -0.480 e. The Morgan fingerprint density at radius 2 is 1.95 bits per heavy atom. The number of carbonyl (C=O) groups is 3. The number of hydrogen-bond acceptors (Lipinski definition) is 4. The number of rotatable bonds is 7. The summed E-state index contributed by atoms with van der Waals surface area (Å²) in [7, 11) is 0. The van der Waals surface area contributed by atoms with Crippen LogP contribution >= 0.6 is 0 Å². The van der Waals surface area contributed by atoms with Crippen LogP contribution in [0.5, 0.6) is 0 Å². The molecule has 7 nitrogen and oxygen atoms in total. The fraction of sp³-hybridized carbons (Fsp3) is 0.786. The van der Waals surface area contributed by atoms with E-state index in [4.69, 9.17) is 5.11 Å². The summed E-state index contributed by atoms with van der Waals surface area (Å²) in [5.41, 5.74) is 0. The molecule has 0 spiro atoms. The summed E-state index contributed by atoms with van der Waals surface area (Å²) in [6.07, 6.45) is 2.40. The number of nitrogens with one attached hydrogen (secondary N) is 3. The van der Waals surface area contributed by atoms with Gasteiger partial charge < -0.3 is 21.1 Å². The molecule has 0 aromatic rings. The maximum absolute atomic E-state index is 12.2. The summed E-state index contributed by atoms with van der Waals surface area (Å²) in [6, 6.07) is -1.96. The topological polar surface area (TPSA) is 108 Å². The van der Waals surface area contributed by atoms with E-state index in [0.717, 1.165) is 19.4 Å². The Balaban J connectivity index is 2.68. The molecule has 1 rings (SSSR count). The summed E-state index contributed by atoms with van der Waals surface area (Å²) in [6.45, 7) is 5.98. The van der Waals surface area contributed by atoms with Gasteiger partial charge in [-0.2, -0.15) is 0 Å². The number of carbonyl (C=O) groups excluding carboxylic acids is 2. The zero-order chi connectivity index (χ0) is 16.0. The molecule has 1 heterocycles. The monoisotopic (exact) mass is 299 g/mol. The largest absolute Gasteiger partial charge is 0.480 e. The fourth-order valence-electron chi connectivity index (χ4n) is 2.23. The molecule has 120 valence electrons. The van der Waals surface area contributed by atoms with Gasteiger partial charge in [-0.1, -0.05) is 20.3 Å². The molecule has 2 amide bonds. The van der Waals surface area contributed by atoms with Crippen molar-refractivity contribution in [2.45, 2.75) is 58.2 Å². The molecule has 1 fully saturated rings. The van der Waals surface area contributed by atoms with E-state index in [0.29, 0.717) is 6.42 Å². The molecule has 1 saturated heterocycles. The summed E-state index contributed by atoms with van der Waals surface area (Å²) in [4.78, 5) is 35.1. The van der Waals surface area contributed by atoms with Gasteiger partial charge in [0, 0.05) is 0 Å². The van der Waals surface area contributed by atoms with Crippen molar-refractivity contribution in [1.82, 2.24) is 16.0 Å². The quantitative estimate of drug-likeness (QED) is 0.523. The lowest BCUT2D eigenvalue weighted by atomic mass is 9.97. The molecular weight excluding hydrogens is 274 g/mol. The Bertz CT molecular complexity index is 394. The lowest BCUT2D eigenvalue weighted by Crippen LogP contribution is -2.56. The van der Waals surface area contributed by atoms with Crippen LogP contribution in [0.4, 0.5) is 0 Å². The first-order valence-corrected chi connectivity index (χ1v) is 7.43. The average Bonchev–Trinajstić information content (AvgIpc) is 2.97. The van der Waals surface area contributed by atoms with Crippen molar-refractivity contribution in [3.63, 3.8) is 0 Å². The highest BCUT2D eigenvalue weighted by atomic mass is 16.4. The van der Waals surface area contributed by atoms with Crippen LogP contribution in [0.25, 0.3) is 0 Å². The number of carboxylic acids is 1. The van der Waals surface area contributed by atoms with Gasteiger partial charge in [0.2, 0.25) is 11.8 Å². The Morgan fingerprint density at radius 1 is 1.29 bits per heavy atom. The van der Waals surface area contributed by atoms with Crippen molar-refractivity contribution in [2.75, 3.05) is 6.54 Å². The highest BCUT2D eigenvalue weighted by Crippen LogP contribution is 2.11. The third-order valence-corrected chi connectivity index (χ3v) is 3.90. The van der Waals surface area contributed by atoms with Gasteiger partial charge in [0.15, 0.2) is 0 Å². The zero-order valence-electron chi connectivity index (χ0n) is 12.8. The van der Waals surface area contributed by atoms with E-state index in [2.05, 4.69) is 16.0 Å². The average molecular weight is 299 g/mol. The lowest BCUT2D eigenvalue weighted by molar-refractivity contribution is -0.142. The van der Waals surface area contributed by atoms with Crippen molar-refractivity contribution >= 4 is 17.8 Å². The van der Waals surface area contributed by atoms with Gasteiger partial charge in [0.25, 0.3) is 0 Å². The Labute approximate surface area is 124 Å². The SMILES string of the molecule is CC[C@H](C)[C@H](NC(=O)[C@@H]1CCCN1)C(=O)N[C@@H](C)C(=O)O. The second-order valence-electron chi connectivity index (χ2n) is 5.59. The smallest absolute Gasteiger partial charge is 0.325 e. The fourth-order valence-corrected chi connectivity index (χ4v) is 2.23. The van der Waals surface area contributed by atoms with Crippen molar-refractivity contribution in [1.29, 1.82) is 0 Å². The van der Waals surface area contributed by atoms with Crippen LogP contribution in [-0.2, 0) is 14.4 Å². The molecule has 0 aromatic heterocycles. The van der Waals surface area contributed by atoms with Crippen LogP contribution in [-0.4, -0.2) is 47.6 Å². The second kappa shape index (κ2) is 7.97. The molecule has 0 unspecified atom stereocenters. The summed E-state index contributed by atoms with van der Waals surface area (Å²) < 4.78 is 0. The molecule has 1 aliphatic heterocycles. The minimum absolute atomic E-state index is 0.0728. The highest BCUT2D eigenvalue weighted by molar-refractivity contribution is 5.92. The second-order valence-corrected chi connectivity index (χ2v) is 5.59. The molecule has 0 bridgehead atoms. The number of amides is 2. The van der Waals surface area contributed by atoms with Crippen LogP contribution in [0.2, 0.25) is 0 Å². The Morgan fingerprint density at radius 3 is 2.43 bits per heavy atom. The van der Waals surface area contributed by atoms with Gasteiger partial charge in [-0.3, -0.25) is 14.4 Å². The van der Waals surface area contributed by atoms with Crippen molar-refractivity contribution in [2.24, 2.45) is 5.92 Å². The number of carboxylic acid groups (broad SMARTS) is 1. The van der Waals surface area contributed by atoms with Gasteiger partial charge in [-0.25, -0.2) is 0 Å². The first-order valence-electron chi connectivity index (χ1n) is 7.43. The molecule has 0 radical (unpaired) electrons. The van der Waals surface area contributed by atoms with Gasteiger partial charge in [0.1, 0.15) is 12.1 Å². The van der Waals surface area contributed by atoms with Crippen molar-refractivity contribution in [3.8, 4) is 0 Å². The molecule has 4 N–H and O–H groups in total. The minimum atomic E-state index is -1.10. The van der Waals surface area contributed by atoms with Gasteiger partial charge in [-0.05, 0) is 32.2 Å². The van der Waals surface area contributed by atoms with E-state index in [-0.39, 0.29) is 17.9 Å². The van der Waals surface area contributed by atoms with E-state index in [1.807, 2.05) is 13.8 Å². The van der Waals surface area contributed by atoms with E-state index < -0.39 is 24.0 Å². The first kappa shape index (κ1) is 17.4. The van der Waals surface area contributed by atoms with Crippen LogP contribution in [0.15, 0.2) is 0 Å². The summed E-state index contributed by atoms with van der Waals surface area (Å²) in [5.74, 6) is -1.83. The lowest BCUT2D eigenvalue weighted by Gasteiger charge is -2.25. The summed E-state index contributed by atoms with van der Waals surface area (Å²) in [5, 5.41) is 17.1. The van der Waals surface area contributed by atoms with Crippen LogP contribution < -0.4 is 16.0 Å². The number of hydrogen-bond donors (Lipinski definition) is 4. The molecular formula is C14H25N3O4. The van der Waals surface area contributed by atoms with Gasteiger partial charge >= 0.3 is 5.97 Å². The number of aliphatic carboxylic acids is 1. The van der Waals surface area contributed by atoms with Crippen LogP contribution in [0.1, 0.15) is 40.0 Å². The van der Waals surface area contributed by atoms with Crippen molar-refractivity contribution in [3.05, 3.63) is 0 Å². The van der Waals surface area contributed by atoms with Crippen LogP contribution in [0.3, 0.4) is 0 Å². The standard InChI is InChI=1S/C14H25N3O4/c1-4-8(2)11(13(19)16-9(3)14(20)21)17-12(18)10-6-5-7-15-10/h8-11,15H,4-7H2,1-3H3,(H,16,19)(H,17,18)(H,20,21)/t8-,9-,10-,11-/m0/s1. The van der Waals surface area contributed by atoms with E-state index in [1.54, 1.807) is 0 Å². The van der Waals surface area contributed by atoms with Gasteiger partial charge in [-0.15, -0.1) is 0 Å². The maximum Gasteiger partial charge on any atom is 0.325 e. The molecule has 0 saturated carbocycles. The predicted molar refractivity (Wildman–Crippen MR) is 77.7 cm³/mol. The third kappa shape index (κ3) is 5.00. The third-order valence-electron chi connectivity index (χ3n) is 3.90.